The van der Waals surface area contributed by atoms with Crippen LogP contribution in [0.5, 0.6) is 0 Å². The average molecular weight is 936 g/mol. The van der Waals surface area contributed by atoms with E-state index in [9.17, 15) is 64.2 Å². The van der Waals surface area contributed by atoms with E-state index in [2.05, 4.69) is 10.3 Å². The maximum atomic E-state index is 14.1. The Bertz CT molecular complexity index is 1900. The number of hydrogen-bond donors (Lipinski definition) is 8. The van der Waals surface area contributed by atoms with Gasteiger partial charge in [0, 0.05) is 38.4 Å². The van der Waals surface area contributed by atoms with Gasteiger partial charge in [-0.3, -0.25) is 29.6 Å². The molecule has 14 atom stereocenters. The minimum atomic E-state index is -3.08. The van der Waals surface area contributed by atoms with Crippen LogP contribution in [-0.4, -0.2) is 185 Å². The molecular formula is C38H53N3O20S2. The van der Waals surface area contributed by atoms with Gasteiger partial charge in [0.05, 0.1) is 24.5 Å². The van der Waals surface area contributed by atoms with Crippen LogP contribution >= 0.6 is 23.5 Å². The molecule has 352 valence electrons. The molecule has 0 bridgehead atoms. The second-order valence-electron chi connectivity index (χ2n) is 15.7. The van der Waals surface area contributed by atoms with Crippen LogP contribution in [0, 0.1) is 11.3 Å². The van der Waals surface area contributed by atoms with Crippen molar-refractivity contribution >= 4 is 75.1 Å². The Labute approximate surface area is 369 Å². The molecule has 2 saturated heterocycles. The Balaban J connectivity index is 1.76. The smallest absolute Gasteiger partial charge is 0.341 e. The maximum Gasteiger partial charge on any atom is 0.341 e. The Kier molecular flexibility index (Phi) is 16.9. The number of Topliss-reactive ketones (excluding diaryl/α,β-unsaturated/α-hetero) is 1. The number of aliphatic imine (C=N–C) groups is 1. The summed E-state index contributed by atoms with van der Waals surface area (Å²) in [5.41, 5.74) is -7.53. The summed E-state index contributed by atoms with van der Waals surface area (Å²) in [6.45, 7) is 8.99. The van der Waals surface area contributed by atoms with Gasteiger partial charge >= 0.3 is 29.8 Å². The lowest BCUT2D eigenvalue weighted by Gasteiger charge is -2.52. The first kappa shape index (κ1) is 51.4. The second-order valence-corrected chi connectivity index (χ2v) is 18.3. The molecule has 0 aromatic rings. The Morgan fingerprint density at radius 3 is 2.27 bits per heavy atom. The number of ketones is 1. The van der Waals surface area contributed by atoms with Gasteiger partial charge in [0.15, 0.2) is 35.4 Å². The van der Waals surface area contributed by atoms with Crippen LogP contribution in [0.2, 0.25) is 0 Å². The normalized spacial score (nSPS) is 34.4. The molecule has 63 heavy (non-hydrogen) atoms. The lowest BCUT2D eigenvalue weighted by Crippen LogP contribution is -2.70. The highest BCUT2D eigenvalue weighted by Crippen LogP contribution is 2.43. The summed E-state index contributed by atoms with van der Waals surface area (Å²) >= 11 is 2.03. The van der Waals surface area contributed by atoms with Gasteiger partial charge in [0.25, 0.3) is 0 Å². The molecule has 23 nitrogen and oxygen atoms in total. The number of rotatable bonds is 16. The molecule has 4 aliphatic rings. The van der Waals surface area contributed by atoms with Crippen molar-refractivity contribution in [1.29, 1.82) is 5.41 Å². The number of aliphatic carboxylic acids is 2. The SMILES string of the molecule is CO[C@@H]1C[C@@H](O[C@H]2[C@@H](O)[C@H]([C@]3(O)CC(=O)C(=N)C(C(=O)O)=C3O)O[C@H](COC(C)=O)[C@H]2OC(=O)[C@@H]2N=C(SC[C@@H](NC(C)=O)C(=O)O)S[C@@H]2C)O[C@H](C)[C@@]1(O)[C@@H](C)OC(=O)C(C)C. The van der Waals surface area contributed by atoms with E-state index >= 15 is 0 Å². The summed E-state index contributed by atoms with van der Waals surface area (Å²) in [4.78, 5) is 91.4. The molecule has 1 aliphatic carbocycles. The van der Waals surface area contributed by atoms with Crippen LogP contribution in [0.15, 0.2) is 16.3 Å². The molecule has 1 amide bonds. The van der Waals surface area contributed by atoms with E-state index in [4.69, 9.17) is 38.6 Å². The van der Waals surface area contributed by atoms with Gasteiger partial charge in [-0.1, -0.05) is 44.3 Å². The summed E-state index contributed by atoms with van der Waals surface area (Å²) in [6.07, 6.45) is -16.8. The first-order chi connectivity index (χ1) is 29.3. The number of methoxy groups -OCH3 is 1. The van der Waals surface area contributed by atoms with Crippen LogP contribution < -0.4 is 5.32 Å². The minimum absolute atomic E-state index is 0.161. The predicted molar refractivity (Wildman–Crippen MR) is 217 cm³/mol. The van der Waals surface area contributed by atoms with E-state index in [0.717, 1.165) is 37.4 Å². The quantitative estimate of drug-likeness (QED) is 0.0697. The third-order valence-corrected chi connectivity index (χ3v) is 13.3. The van der Waals surface area contributed by atoms with E-state index in [1.165, 1.54) is 21.0 Å². The number of carboxylic acid groups (broad SMARTS) is 2. The molecule has 2 fully saturated rings. The van der Waals surface area contributed by atoms with Crippen LogP contribution in [0.25, 0.3) is 0 Å². The topological polar surface area (TPSA) is 354 Å². The maximum absolute atomic E-state index is 14.1. The lowest BCUT2D eigenvalue weighted by atomic mass is 9.74. The summed E-state index contributed by atoms with van der Waals surface area (Å²) in [7, 11) is 1.25. The number of aliphatic hydroxyl groups is 4. The molecule has 0 saturated carbocycles. The summed E-state index contributed by atoms with van der Waals surface area (Å²) in [5.74, 6) is -9.87. The number of esters is 3. The molecule has 0 aromatic carbocycles. The molecule has 0 spiro atoms. The van der Waals surface area contributed by atoms with Crippen molar-refractivity contribution in [1.82, 2.24) is 5.32 Å². The van der Waals surface area contributed by atoms with Crippen molar-refractivity contribution in [2.75, 3.05) is 19.5 Å². The number of amides is 1. The highest BCUT2D eigenvalue weighted by molar-refractivity contribution is 8.39. The fraction of sp³-hybridized carbons (Fsp3) is 0.711. The fourth-order valence-corrected chi connectivity index (χ4v) is 9.87. The average Bonchev–Trinajstić information content (AvgIpc) is 3.57. The number of ether oxygens (including phenoxy) is 7. The van der Waals surface area contributed by atoms with Crippen LogP contribution in [0.4, 0.5) is 0 Å². The number of carbonyl (C=O) groups excluding carboxylic acids is 5. The fourth-order valence-electron chi connectivity index (χ4n) is 7.42. The Morgan fingerprint density at radius 2 is 1.71 bits per heavy atom. The van der Waals surface area contributed by atoms with Gasteiger partial charge in [0.1, 0.15) is 64.6 Å². The van der Waals surface area contributed by atoms with Gasteiger partial charge in [-0.05, 0) is 13.8 Å². The molecule has 0 aromatic heterocycles. The van der Waals surface area contributed by atoms with Crippen molar-refractivity contribution < 1.29 is 97.4 Å². The largest absolute Gasteiger partial charge is 0.508 e. The molecule has 4 rings (SSSR count). The Hall–Kier alpha value is -4.21. The highest BCUT2D eigenvalue weighted by Gasteiger charge is 2.62. The highest BCUT2D eigenvalue weighted by atomic mass is 32.2. The number of nitrogens with one attached hydrogen (secondary N) is 2. The number of hydrogen-bond acceptors (Lipinski definition) is 22. The van der Waals surface area contributed by atoms with Crippen molar-refractivity contribution in [3.63, 3.8) is 0 Å². The molecule has 3 heterocycles. The van der Waals surface area contributed by atoms with E-state index in [1.807, 2.05) is 0 Å². The van der Waals surface area contributed by atoms with Gasteiger partial charge < -0.3 is 69.1 Å². The molecular weight excluding hydrogens is 883 g/mol. The summed E-state index contributed by atoms with van der Waals surface area (Å²) < 4.78 is 40.8. The van der Waals surface area contributed by atoms with Crippen molar-refractivity contribution in [2.24, 2.45) is 10.9 Å². The molecule has 3 aliphatic heterocycles. The Morgan fingerprint density at radius 1 is 1.06 bits per heavy atom. The van der Waals surface area contributed by atoms with Gasteiger partial charge in [-0.2, -0.15) is 0 Å². The third-order valence-electron chi connectivity index (χ3n) is 10.9. The zero-order chi connectivity index (χ0) is 47.5. The van der Waals surface area contributed by atoms with Gasteiger partial charge in [-0.15, -0.1) is 0 Å². The van der Waals surface area contributed by atoms with Crippen LogP contribution in [-0.2, 0) is 66.7 Å². The zero-order valence-electron chi connectivity index (χ0n) is 35.5. The molecule has 0 radical (unpaired) electrons. The summed E-state index contributed by atoms with van der Waals surface area (Å²) in [6, 6.07) is -2.58. The molecule has 8 N–H and O–H groups in total. The number of aliphatic hydroxyl groups excluding tert-OH is 2. The van der Waals surface area contributed by atoms with Crippen molar-refractivity contribution in [2.45, 2.75) is 145 Å². The minimum Gasteiger partial charge on any atom is -0.508 e. The zero-order valence-corrected chi connectivity index (χ0v) is 37.1. The van der Waals surface area contributed by atoms with Gasteiger partial charge in [0.2, 0.25) is 5.91 Å². The molecule has 0 unspecified atom stereocenters. The number of thioether (sulfide) groups is 2. The van der Waals surface area contributed by atoms with Crippen molar-refractivity contribution in [3.8, 4) is 0 Å². The van der Waals surface area contributed by atoms with E-state index < -0.39 is 161 Å². The third kappa shape index (κ3) is 11.2. The second kappa shape index (κ2) is 20.7. The standard InChI is InChI=1S/C38H53N3O20S2/c1-13(2)34(51)58-16(5)38(54)15(4)57-23(9-22(38)55-8)60-29-27(45)31(37(53)10-20(44)25(39)24(30(37)46)33(49)50)59-21(11-56-18(7)43)28(29)61-35(52)26-14(3)63-36(41-26)62-12-19(32(47)48)40-17(6)42/h13-16,19,21-23,26-29,31,39,45-46,53-54H,9-12H2,1-8H3,(H,40,42)(H,47,48)(H,49,50)/t14-,15-,16-,19-,21-,22-,23-,26-,27-,28-,29+,31-,37+,38-/m1/s1. The number of carboxylic acids is 2. The van der Waals surface area contributed by atoms with Gasteiger partial charge in [-0.25, -0.2) is 14.4 Å². The predicted octanol–water partition coefficient (Wildman–Crippen LogP) is -0.754. The first-order valence-corrected chi connectivity index (χ1v) is 21.5. The number of carbonyl (C=O) groups is 7. The summed E-state index contributed by atoms with van der Waals surface area (Å²) in [5, 5.41) is 76.1. The van der Waals surface area contributed by atoms with Crippen LogP contribution in [0.3, 0.4) is 0 Å². The van der Waals surface area contributed by atoms with E-state index in [-0.39, 0.29) is 16.5 Å². The van der Waals surface area contributed by atoms with E-state index in [1.54, 1.807) is 20.8 Å². The first-order valence-electron chi connectivity index (χ1n) is 19.6. The van der Waals surface area contributed by atoms with Crippen molar-refractivity contribution in [3.05, 3.63) is 11.3 Å². The van der Waals surface area contributed by atoms with E-state index in [0.29, 0.717) is 0 Å². The van der Waals surface area contributed by atoms with Crippen LogP contribution in [0.1, 0.15) is 61.3 Å². The molecule has 25 heteroatoms. The lowest BCUT2D eigenvalue weighted by molar-refractivity contribution is -0.345. The number of nitrogens with zero attached hydrogens (tertiary/aromatic N) is 1. The monoisotopic (exact) mass is 935 g/mol.